The van der Waals surface area contributed by atoms with Crippen LogP contribution in [0, 0.1) is 0 Å². The summed E-state index contributed by atoms with van der Waals surface area (Å²) in [6, 6.07) is 0. The summed E-state index contributed by atoms with van der Waals surface area (Å²) < 4.78 is 32.6. The van der Waals surface area contributed by atoms with E-state index in [0.29, 0.717) is 12.8 Å². The first-order valence-electron chi connectivity index (χ1n) is 20.0. The van der Waals surface area contributed by atoms with Gasteiger partial charge in [0, 0.05) is 12.8 Å². The lowest BCUT2D eigenvalue weighted by Gasteiger charge is -2.20. The van der Waals surface area contributed by atoms with Crippen LogP contribution in [0.25, 0.3) is 0 Å². The predicted molar refractivity (Wildman–Crippen MR) is 196 cm³/mol. The van der Waals surface area contributed by atoms with Gasteiger partial charge in [-0.25, -0.2) is 4.57 Å². The summed E-state index contributed by atoms with van der Waals surface area (Å²) in [4.78, 5) is 34.8. The second kappa shape index (κ2) is 35.4. The molecule has 3 N–H and O–H groups in total. The normalized spacial score (nSPS) is 14.0. The van der Waals surface area contributed by atoms with Gasteiger partial charge >= 0.3 is 19.8 Å². The van der Waals surface area contributed by atoms with Crippen LogP contribution in [-0.2, 0) is 32.7 Å². The van der Waals surface area contributed by atoms with Gasteiger partial charge in [-0.3, -0.25) is 18.6 Å². The highest BCUT2D eigenvalue weighted by atomic mass is 31.2. The fourth-order valence-corrected chi connectivity index (χ4v) is 6.43. The van der Waals surface area contributed by atoms with E-state index in [1.54, 1.807) is 0 Å². The largest absolute Gasteiger partial charge is 0.472 e. The number of esters is 2. The van der Waals surface area contributed by atoms with Crippen molar-refractivity contribution in [1.82, 2.24) is 0 Å². The summed E-state index contributed by atoms with van der Waals surface area (Å²) in [5.74, 6) is -0.914. The zero-order chi connectivity index (χ0) is 36.3. The lowest BCUT2D eigenvalue weighted by Crippen LogP contribution is -2.29. The average Bonchev–Trinajstić information content (AvgIpc) is 3.09. The van der Waals surface area contributed by atoms with E-state index in [1.165, 1.54) is 122 Å². The highest BCUT2D eigenvalue weighted by molar-refractivity contribution is 7.47. The van der Waals surface area contributed by atoms with Gasteiger partial charge in [-0.2, -0.15) is 0 Å². The second-order valence-corrected chi connectivity index (χ2v) is 15.1. The molecule has 0 aromatic heterocycles. The van der Waals surface area contributed by atoms with Gasteiger partial charge < -0.3 is 24.6 Å². The molecule has 0 amide bonds. The van der Waals surface area contributed by atoms with Gasteiger partial charge in [0.15, 0.2) is 6.10 Å². The van der Waals surface area contributed by atoms with E-state index in [9.17, 15) is 24.2 Å². The number of rotatable bonds is 38. The smallest absolute Gasteiger partial charge is 0.462 e. The molecule has 2 unspecified atom stereocenters. The molecular formula is C38H75O10P. The molecule has 0 saturated carbocycles. The number of carbonyl (C=O) groups excluding carboxylic acids is 2. The molecule has 0 bridgehead atoms. The molecule has 292 valence electrons. The Balaban J connectivity index is 4.28. The van der Waals surface area contributed by atoms with Crippen molar-refractivity contribution in [3.8, 4) is 0 Å². The van der Waals surface area contributed by atoms with Crippen LogP contribution in [-0.4, -0.2) is 65.7 Å². The third-order valence-electron chi connectivity index (χ3n) is 8.76. The third kappa shape index (κ3) is 35.2. The summed E-state index contributed by atoms with van der Waals surface area (Å²) in [6.45, 7) is 2.39. The van der Waals surface area contributed by atoms with E-state index < -0.39 is 51.8 Å². The number of phosphoric acid groups is 1. The van der Waals surface area contributed by atoms with Crippen LogP contribution in [0.1, 0.15) is 194 Å². The van der Waals surface area contributed by atoms with Crippen LogP contribution >= 0.6 is 7.82 Å². The zero-order valence-corrected chi connectivity index (χ0v) is 32.3. The Bertz CT molecular complexity index is 796. The molecule has 0 saturated heterocycles. The van der Waals surface area contributed by atoms with E-state index in [-0.39, 0.29) is 19.4 Å². The van der Waals surface area contributed by atoms with E-state index in [4.69, 9.17) is 19.1 Å². The number of carbonyl (C=O) groups is 2. The fourth-order valence-electron chi connectivity index (χ4n) is 5.64. The minimum absolute atomic E-state index is 0.191. The molecule has 0 aliphatic carbocycles. The molecule has 3 atom stereocenters. The van der Waals surface area contributed by atoms with Crippen molar-refractivity contribution in [3.63, 3.8) is 0 Å². The van der Waals surface area contributed by atoms with Crippen molar-refractivity contribution in [1.29, 1.82) is 0 Å². The Morgan fingerprint density at radius 3 is 1.27 bits per heavy atom. The zero-order valence-electron chi connectivity index (χ0n) is 31.4. The predicted octanol–water partition coefficient (Wildman–Crippen LogP) is 9.89. The molecule has 49 heavy (non-hydrogen) atoms. The molecule has 0 aliphatic heterocycles. The monoisotopic (exact) mass is 723 g/mol. The average molecular weight is 723 g/mol. The Labute approximate surface area is 299 Å². The molecule has 0 radical (unpaired) electrons. The van der Waals surface area contributed by atoms with E-state index >= 15 is 0 Å². The Kier molecular flexibility index (Phi) is 34.6. The molecule has 0 aliphatic rings. The first kappa shape index (κ1) is 48.0. The molecule has 0 spiro atoms. The van der Waals surface area contributed by atoms with Gasteiger partial charge in [0.2, 0.25) is 0 Å². The van der Waals surface area contributed by atoms with Crippen LogP contribution < -0.4 is 0 Å². The molecule has 0 aromatic rings. The maximum atomic E-state index is 12.5. The maximum Gasteiger partial charge on any atom is 0.472 e. The van der Waals surface area contributed by atoms with Gasteiger partial charge in [0.1, 0.15) is 12.7 Å². The van der Waals surface area contributed by atoms with E-state index in [0.717, 1.165) is 32.1 Å². The number of ether oxygens (including phenoxy) is 2. The van der Waals surface area contributed by atoms with Crippen LogP contribution in [0.4, 0.5) is 0 Å². The SMILES string of the molecule is CCCCCCCCCCCCCCCCCC(=O)OCC(COP(=O)(O)OC[C@@H](O)CO)OC(=O)CCCCCCCCCCCCC. The Morgan fingerprint density at radius 2 is 0.878 bits per heavy atom. The van der Waals surface area contributed by atoms with Gasteiger partial charge in [-0.05, 0) is 12.8 Å². The molecule has 0 aromatic carbocycles. The molecule has 11 heteroatoms. The summed E-state index contributed by atoms with van der Waals surface area (Å²) >= 11 is 0. The number of unbranched alkanes of at least 4 members (excludes halogenated alkanes) is 24. The van der Waals surface area contributed by atoms with Crippen molar-refractivity contribution < 1.29 is 47.8 Å². The molecular weight excluding hydrogens is 647 g/mol. The first-order valence-corrected chi connectivity index (χ1v) is 21.5. The van der Waals surface area contributed by atoms with Gasteiger partial charge in [-0.1, -0.05) is 168 Å². The van der Waals surface area contributed by atoms with Gasteiger partial charge in [-0.15, -0.1) is 0 Å². The molecule has 10 nitrogen and oxygen atoms in total. The lowest BCUT2D eigenvalue weighted by atomic mass is 10.0. The third-order valence-corrected chi connectivity index (χ3v) is 9.71. The minimum atomic E-state index is -4.60. The number of aliphatic hydroxyl groups excluding tert-OH is 2. The number of aliphatic hydroxyl groups is 2. The summed E-state index contributed by atoms with van der Waals surface area (Å²) in [5.41, 5.74) is 0. The van der Waals surface area contributed by atoms with Crippen LogP contribution in [0.5, 0.6) is 0 Å². The topological polar surface area (TPSA) is 149 Å². The fraction of sp³-hybridized carbons (Fsp3) is 0.947. The number of hydrogen-bond donors (Lipinski definition) is 3. The van der Waals surface area contributed by atoms with Gasteiger partial charge in [0.25, 0.3) is 0 Å². The summed E-state index contributed by atoms with van der Waals surface area (Å²) in [6.07, 6.45) is 29.3. The summed E-state index contributed by atoms with van der Waals surface area (Å²) in [5, 5.41) is 18.3. The maximum absolute atomic E-state index is 12.5. The summed E-state index contributed by atoms with van der Waals surface area (Å²) in [7, 11) is -4.60. The van der Waals surface area contributed by atoms with Crippen LogP contribution in [0.2, 0.25) is 0 Å². The van der Waals surface area contributed by atoms with Crippen molar-refractivity contribution in [2.45, 2.75) is 206 Å². The first-order chi connectivity index (χ1) is 23.7. The van der Waals surface area contributed by atoms with Gasteiger partial charge in [0.05, 0.1) is 19.8 Å². The minimum Gasteiger partial charge on any atom is -0.462 e. The Morgan fingerprint density at radius 1 is 0.531 bits per heavy atom. The standard InChI is InChI=1S/C38H75O10P/c1-3-5-7-9-11-13-15-16-17-18-20-21-23-25-27-29-37(41)45-33-36(34-47-49(43,44)46-32-35(40)31-39)48-38(42)30-28-26-24-22-19-14-12-10-8-6-4-2/h35-36,39-40H,3-34H2,1-2H3,(H,43,44)/t35-,36?/m0/s1. The highest BCUT2D eigenvalue weighted by Gasteiger charge is 2.27. The van der Waals surface area contributed by atoms with E-state index in [1.807, 2.05) is 0 Å². The highest BCUT2D eigenvalue weighted by Crippen LogP contribution is 2.43. The lowest BCUT2D eigenvalue weighted by molar-refractivity contribution is -0.161. The van der Waals surface area contributed by atoms with Crippen LogP contribution in [0.3, 0.4) is 0 Å². The Hall–Kier alpha value is -1.03. The van der Waals surface area contributed by atoms with Crippen molar-refractivity contribution >= 4 is 19.8 Å². The molecule has 0 heterocycles. The van der Waals surface area contributed by atoms with Crippen LogP contribution in [0.15, 0.2) is 0 Å². The number of phosphoric ester groups is 1. The molecule has 0 fully saturated rings. The molecule has 0 rings (SSSR count). The quantitative estimate of drug-likeness (QED) is 0.0319. The van der Waals surface area contributed by atoms with Crippen molar-refractivity contribution in [3.05, 3.63) is 0 Å². The van der Waals surface area contributed by atoms with Crippen molar-refractivity contribution in [2.24, 2.45) is 0 Å². The van der Waals surface area contributed by atoms with E-state index in [2.05, 4.69) is 18.4 Å². The number of hydrogen-bond acceptors (Lipinski definition) is 9. The second-order valence-electron chi connectivity index (χ2n) is 13.7. The van der Waals surface area contributed by atoms with Crippen molar-refractivity contribution in [2.75, 3.05) is 26.4 Å².